The Morgan fingerprint density at radius 1 is 1.40 bits per heavy atom. The molecule has 0 aliphatic carbocycles. The Labute approximate surface area is 113 Å². The summed E-state index contributed by atoms with van der Waals surface area (Å²) in [6, 6.07) is 4.02. The van der Waals surface area contributed by atoms with Crippen molar-refractivity contribution < 1.29 is 14.1 Å². The minimum Gasteiger partial charge on any atom is -0.434 e. The molecule has 0 aliphatic heterocycles. The van der Waals surface area contributed by atoms with Crippen molar-refractivity contribution >= 4 is 11.5 Å². The molecule has 7 nitrogen and oxygen atoms in total. The van der Waals surface area contributed by atoms with Crippen LogP contribution in [0.3, 0.4) is 0 Å². The molecule has 1 aromatic carbocycles. The summed E-state index contributed by atoms with van der Waals surface area (Å²) in [6.45, 7) is 1.57. The zero-order valence-electron chi connectivity index (χ0n) is 10.8. The summed E-state index contributed by atoms with van der Waals surface area (Å²) in [5, 5.41) is 13.6. The van der Waals surface area contributed by atoms with E-state index < -0.39 is 4.92 Å². The van der Waals surface area contributed by atoms with E-state index in [0.717, 1.165) is 6.33 Å². The Balaban J connectivity index is 2.42. The Morgan fingerprint density at radius 2 is 2.15 bits per heavy atom. The first-order chi connectivity index (χ1) is 9.52. The third-order valence-corrected chi connectivity index (χ3v) is 2.55. The maximum absolute atomic E-state index is 13.2. The van der Waals surface area contributed by atoms with Crippen LogP contribution in [0.4, 0.5) is 15.9 Å². The van der Waals surface area contributed by atoms with Crippen molar-refractivity contribution in [2.45, 2.75) is 6.92 Å². The summed E-state index contributed by atoms with van der Waals surface area (Å²) in [4.78, 5) is 17.9. The van der Waals surface area contributed by atoms with Crippen LogP contribution >= 0.6 is 0 Å². The SMILES string of the molecule is CNc1ncnc(Oc2ccc(F)c(C)c2)c1[N+](=O)[O-]. The lowest BCUT2D eigenvalue weighted by Crippen LogP contribution is -2.03. The lowest BCUT2D eigenvalue weighted by molar-refractivity contribution is -0.385. The van der Waals surface area contributed by atoms with E-state index in [2.05, 4.69) is 15.3 Å². The van der Waals surface area contributed by atoms with Gasteiger partial charge in [-0.05, 0) is 30.7 Å². The number of nitro groups is 1. The molecule has 0 amide bonds. The molecule has 2 rings (SSSR count). The first-order valence-electron chi connectivity index (χ1n) is 5.64. The molecule has 0 fully saturated rings. The van der Waals surface area contributed by atoms with Gasteiger partial charge in [0.05, 0.1) is 4.92 Å². The van der Waals surface area contributed by atoms with E-state index in [1.165, 1.54) is 25.2 Å². The predicted octanol–water partition coefficient (Wildman–Crippen LogP) is 2.67. The Morgan fingerprint density at radius 3 is 2.75 bits per heavy atom. The molecule has 2 aromatic rings. The van der Waals surface area contributed by atoms with E-state index in [4.69, 9.17) is 4.74 Å². The highest BCUT2D eigenvalue weighted by atomic mass is 19.1. The van der Waals surface area contributed by atoms with Crippen LogP contribution in [0, 0.1) is 22.9 Å². The molecule has 1 heterocycles. The molecule has 0 saturated carbocycles. The van der Waals surface area contributed by atoms with E-state index >= 15 is 0 Å². The van der Waals surface area contributed by atoms with Crippen LogP contribution in [-0.2, 0) is 0 Å². The van der Waals surface area contributed by atoms with Crippen LogP contribution in [0.1, 0.15) is 5.56 Å². The van der Waals surface area contributed by atoms with E-state index in [0.29, 0.717) is 5.56 Å². The second kappa shape index (κ2) is 5.47. The monoisotopic (exact) mass is 278 g/mol. The van der Waals surface area contributed by atoms with Crippen LogP contribution in [0.25, 0.3) is 0 Å². The molecule has 1 N–H and O–H groups in total. The van der Waals surface area contributed by atoms with Crippen LogP contribution < -0.4 is 10.1 Å². The fraction of sp³-hybridized carbons (Fsp3) is 0.167. The van der Waals surface area contributed by atoms with Gasteiger partial charge >= 0.3 is 11.6 Å². The molecule has 0 bridgehead atoms. The Kier molecular flexibility index (Phi) is 3.74. The Hall–Kier alpha value is -2.77. The van der Waals surface area contributed by atoms with Crippen molar-refractivity contribution in [2.24, 2.45) is 0 Å². The smallest absolute Gasteiger partial charge is 0.373 e. The summed E-state index contributed by atoms with van der Waals surface area (Å²) < 4.78 is 18.5. The van der Waals surface area contributed by atoms with Gasteiger partial charge in [-0.15, -0.1) is 0 Å². The van der Waals surface area contributed by atoms with Crippen molar-refractivity contribution in [3.05, 3.63) is 46.0 Å². The average Bonchev–Trinajstić information content (AvgIpc) is 2.42. The van der Waals surface area contributed by atoms with Crippen molar-refractivity contribution in [3.63, 3.8) is 0 Å². The number of halogens is 1. The van der Waals surface area contributed by atoms with Gasteiger partial charge < -0.3 is 10.1 Å². The summed E-state index contributed by atoms with van der Waals surface area (Å²) >= 11 is 0. The first-order valence-corrected chi connectivity index (χ1v) is 5.64. The number of ether oxygens (including phenoxy) is 1. The highest BCUT2D eigenvalue weighted by molar-refractivity contribution is 5.61. The molecule has 104 valence electrons. The standard InChI is InChI=1S/C12H11FN4O3/c1-7-5-8(3-4-9(7)13)20-12-10(17(18)19)11(14-2)15-6-16-12/h3-6H,1-2H3,(H,14,15,16). The molecule has 0 radical (unpaired) electrons. The fourth-order valence-corrected chi connectivity index (χ4v) is 1.58. The second-order valence-electron chi connectivity index (χ2n) is 3.90. The van der Waals surface area contributed by atoms with Crippen molar-refractivity contribution in [1.29, 1.82) is 0 Å². The van der Waals surface area contributed by atoms with Gasteiger partial charge in [0.1, 0.15) is 17.9 Å². The van der Waals surface area contributed by atoms with Gasteiger partial charge in [0.15, 0.2) is 0 Å². The summed E-state index contributed by atoms with van der Waals surface area (Å²) in [5.41, 5.74) is -0.00923. The van der Waals surface area contributed by atoms with Gasteiger partial charge in [-0.1, -0.05) is 0 Å². The summed E-state index contributed by atoms with van der Waals surface area (Å²) in [6.07, 6.45) is 1.14. The number of hydrogen-bond acceptors (Lipinski definition) is 6. The average molecular weight is 278 g/mol. The normalized spacial score (nSPS) is 10.2. The third kappa shape index (κ3) is 2.63. The van der Waals surface area contributed by atoms with Crippen molar-refractivity contribution in [3.8, 4) is 11.6 Å². The van der Waals surface area contributed by atoms with E-state index in [-0.39, 0.29) is 29.0 Å². The van der Waals surface area contributed by atoms with E-state index in [1.807, 2.05) is 0 Å². The fourth-order valence-electron chi connectivity index (χ4n) is 1.58. The van der Waals surface area contributed by atoms with Crippen LogP contribution in [-0.4, -0.2) is 21.9 Å². The minimum absolute atomic E-state index is 0.0406. The Bertz CT molecular complexity index is 663. The van der Waals surface area contributed by atoms with Gasteiger partial charge in [0, 0.05) is 7.05 Å². The summed E-state index contributed by atoms with van der Waals surface area (Å²) in [7, 11) is 1.50. The van der Waals surface area contributed by atoms with Gasteiger partial charge in [-0.3, -0.25) is 10.1 Å². The number of benzene rings is 1. The van der Waals surface area contributed by atoms with E-state index in [1.54, 1.807) is 6.92 Å². The van der Waals surface area contributed by atoms with Crippen LogP contribution in [0.2, 0.25) is 0 Å². The topological polar surface area (TPSA) is 90.2 Å². The quantitative estimate of drug-likeness (QED) is 0.683. The number of aromatic nitrogens is 2. The van der Waals surface area contributed by atoms with Crippen molar-refractivity contribution in [1.82, 2.24) is 9.97 Å². The third-order valence-electron chi connectivity index (χ3n) is 2.55. The maximum Gasteiger partial charge on any atom is 0.373 e. The zero-order valence-corrected chi connectivity index (χ0v) is 10.8. The molecule has 20 heavy (non-hydrogen) atoms. The molecule has 0 unspecified atom stereocenters. The van der Waals surface area contributed by atoms with Gasteiger partial charge in [-0.25, -0.2) is 9.37 Å². The summed E-state index contributed by atoms with van der Waals surface area (Å²) in [5.74, 6) is -0.294. The largest absolute Gasteiger partial charge is 0.434 e. The molecule has 8 heteroatoms. The van der Waals surface area contributed by atoms with E-state index in [9.17, 15) is 14.5 Å². The predicted molar refractivity (Wildman–Crippen MR) is 69.4 cm³/mol. The number of aryl methyl sites for hydroxylation is 1. The lowest BCUT2D eigenvalue weighted by Gasteiger charge is -2.08. The number of anilines is 1. The molecule has 0 atom stereocenters. The molecule has 0 saturated heterocycles. The molecular weight excluding hydrogens is 267 g/mol. The highest BCUT2D eigenvalue weighted by Crippen LogP contribution is 2.33. The molecule has 1 aromatic heterocycles. The molecule has 0 spiro atoms. The van der Waals surface area contributed by atoms with Crippen molar-refractivity contribution in [2.75, 3.05) is 12.4 Å². The second-order valence-corrected chi connectivity index (χ2v) is 3.90. The lowest BCUT2D eigenvalue weighted by atomic mass is 10.2. The first kappa shape index (κ1) is 13.7. The number of rotatable bonds is 4. The van der Waals surface area contributed by atoms with Crippen LogP contribution in [0.15, 0.2) is 24.5 Å². The highest BCUT2D eigenvalue weighted by Gasteiger charge is 2.24. The van der Waals surface area contributed by atoms with Crippen LogP contribution in [0.5, 0.6) is 11.6 Å². The molecule has 0 aliphatic rings. The zero-order chi connectivity index (χ0) is 14.7. The molecular formula is C12H11FN4O3. The van der Waals surface area contributed by atoms with Gasteiger partial charge in [0.2, 0.25) is 5.82 Å². The van der Waals surface area contributed by atoms with Gasteiger partial charge in [-0.2, -0.15) is 4.98 Å². The maximum atomic E-state index is 13.2. The number of hydrogen-bond donors (Lipinski definition) is 1. The van der Waals surface area contributed by atoms with Gasteiger partial charge in [0.25, 0.3) is 0 Å². The number of nitrogens with one attached hydrogen (secondary N) is 1. The number of nitrogens with zero attached hydrogens (tertiary/aromatic N) is 3. The minimum atomic E-state index is -0.641.